The van der Waals surface area contributed by atoms with Crippen LogP contribution in [0, 0.1) is 21.6 Å². The number of nitro groups is 1. The molecule has 2 amide bonds. The van der Waals surface area contributed by atoms with E-state index in [1.54, 1.807) is 0 Å². The predicted octanol–water partition coefficient (Wildman–Crippen LogP) is -0.0934. The Labute approximate surface area is 97.3 Å². The topological polar surface area (TPSA) is 149 Å². The fraction of sp³-hybridized carbons (Fsp3) is 0. The van der Waals surface area contributed by atoms with Crippen molar-refractivity contribution in [2.24, 2.45) is 0 Å². The van der Waals surface area contributed by atoms with Crippen LogP contribution >= 0.6 is 24.9 Å². The van der Waals surface area contributed by atoms with Gasteiger partial charge < -0.3 is 4.18 Å². The molecule has 88 valence electrons. The highest BCUT2D eigenvalue weighted by molar-refractivity contribution is 8.12. The van der Waals surface area contributed by atoms with Crippen molar-refractivity contribution in [3.63, 3.8) is 0 Å². The Bertz CT molecular complexity index is 342. The highest BCUT2D eigenvalue weighted by Crippen LogP contribution is 2.14. The van der Waals surface area contributed by atoms with Gasteiger partial charge in [-0.25, -0.2) is 14.9 Å². The summed E-state index contributed by atoms with van der Waals surface area (Å²) in [6.07, 6.45) is -0.133. The summed E-state index contributed by atoms with van der Waals surface area (Å²) < 4.78 is 3.87. The second-order valence-corrected chi connectivity index (χ2v) is 2.84. The van der Waals surface area contributed by atoms with Crippen LogP contribution in [0.25, 0.3) is 0 Å². The number of hydrogen-bond acceptors (Lipinski definition) is 10. The average molecular weight is 269 g/mol. The number of nitriles is 1. The van der Waals surface area contributed by atoms with Crippen molar-refractivity contribution < 1.29 is 24.0 Å². The first-order valence-corrected chi connectivity index (χ1v) is 4.23. The van der Waals surface area contributed by atoms with Gasteiger partial charge in [-0.05, 0) is 0 Å². The molecule has 0 radical (unpaired) electrons. The quantitative estimate of drug-likeness (QED) is 0.119. The lowest BCUT2D eigenvalue weighted by molar-refractivity contribution is -0.657. The molecule has 0 saturated carbocycles. The van der Waals surface area contributed by atoms with Gasteiger partial charge in [0.2, 0.25) is 6.19 Å². The van der Waals surface area contributed by atoms with Gasteiger partial charge in [0.15, 0.2) is 5.03 Å². The zero-order valence-corrected chi connectivity index (χ0v) is 8.84. The molecule has 0 rings (SSSR count). The maximum Gasteiger partial charge on any atom is 0.446 e. The van der Waals surface area contributed by atoms with E-state index >= 15 is 0 Å². The van der Waals surface area contributed by atoms with Crippen molar-refractivity contribution in [2.45, 2.75) is 0 Å². The standard InChI is InChI=1S/C3H3N5O6S2/c4-1-6(2(9)14-15)16-3(10)7(5-11)8(12)13/h5,11,15H. The molecule has 13 heteroatoms. The van der Waals surface area contributed by atoms with Crippen molar-refractivity contribution in [2.75, 3.05) is 0 Å². The normalized spacial score (nSPS) is 8.81. The Morgan fingerprint density at radius 2 is 2.25 bits per heavy atom. The van der Waals surface area contributed by atoms with E-state index in [-0.39, 0.29) is 16.3 Å². The van der Waals surface area contributed by atoms with E-state index < -0.39 is 21.5 Å². The number of nitrogens with zero attached hydrogens (tertiary/aromatic N) is 4. The summed E-state index contributed by atoms with van der Waals surface area (Å²) in [6, 6.07) is 0. The lowest BCUT2D eigenvalue weighted by Gasteiger charge is -2.11. The highest BCUT2D eigenvalue weighted by Gasteiger charge is 2.30. The monoisotopic (exact) mass is 269 g/mol. The molecule has 0 aromatic heterocycles. The lowest BCUT2D eigenvalue weighted by atomic mass is 11.1. The van der Waals surface area contributed by atoms with Gasteiger partial charge in [-0.1, -0.05) is 5.59 Å². The number of carbonyl (C=O) groups is 2. The van der Waals surface area contributed by atoms with Gasteiger partial charge in [0.25, 0.3) is 0 Å². The number of nitrogens with one attached hydrogen (secondary N) is 1. The summed E-state index contributed by atoms with van der Waals surface area (Å²) >= 11 is 2.88. The summed E-state index contributed by atoms with van der Waals surface area (Å²) in [5.41, 5.74) is 0.944. The predicted molar refractivity (Wildman–Crippen MR) is 49.7 cm³/mol. The Balaban J connectivity index is 4.59. The molecule has 0 aromatic rings. The molecular formula is C3H3N5O6S2. The van der Waals surface area contributed by atoms with Crippen LogP contribution in [0.5, 0.6) is 0 Å². The molecule has 0 bridgehead atoms. The minimum Gasteiger partial charge on any atom is -0.377 e. The number of carbonyl (C=O) groups excluding carboxylic acids is 2. The summed E-state index contributed by atoms with van der Waals surface area (Å²) in [5, 5.41) is 23.5. The zero-order valence-electron chi connectivity index (χ0n) is 7.13. The minimum atomic E-state index is -1.45. The van der Waals surface area contributed by atoms with Crippen LogP contribution in [0.1, 0.15) is 0 Å². The third-order valence-corrected chi connectivity index (χ3v) is 1.83. The van der Waals surface area contributed by atoms with E-state index in [9.17, 15) is 19.7 Å². The van der Waals surface area contributed by atoms with Crippen molar-refractivity contribution in [1.82, 2.24) is 15.0 Å². The molecule has 0 saturated heterocycles. The van der Waals surface area contributed by atoms with Crippen LogP contribution in [0.2, 0.25) is 0 Å². The van der Waals surface area contributed by atoms with Crippen LogP contribution in [0.3, 0.4) is 0 Å². The van der Waals surface area contributed by atoms with Gasteiger partial charge in [-0.15, -0.1) is 4.31 Å². The van der Waals surface area contributed by atoms with E-state index in [1.807, 2.05) is 0 Å². The van der Waals surface area contributed by atoms with Gasteiger partial charge in [0.05, 0.1) is 17.1 Å². The second-order valence-electron chi connectivity index (χ2n) is 1.76. The molecule has 0 aliphatic carbocycles. The molecule has 2 N–H and O–H groups in total. The summed E-state index contributed by atoms with van der Waals surface area (Å²) in [5.74, 6) is 0. The molecule has 0 aromatic carbocycles. The first-order valence-electron chi connectivity index (χ1n) is 3.09. The molecule has 0 atom stereocenters. The Morgan fingerprint density at radius 3 is 2.56 bits per heavy atom. The minimum absolute atomic E-state index is 0.0726. The molecule has 16 heavy (non-hydrogen) atoms. The Hall–Kier alpha value is -1.75. The first-order chi connectivity index (χ1) is 7.47. The van der Waals surface area contributed by atoms with E-state index in [1.165, 1.54) is 6.19 Å². The fourth-order valence-electron chi connectivity index (χ4n) is 0.396. The van der Waals surface area contributed by atoms with Crippen LogP contribution < -0.4 is 5.59 Å². The average Bonchev–Trinajstić information content (AvgIpc) is 2.25. The first kappa shape index (κ1) is 14.2. The zero-order chi connectivity index (χ0) is 12.7. The summed E-state index contributed by atoms with van der Waals surface area (Å²) in [7, 11) is 0. The number of amides is 2. The molecular weight excluding hydrogens is 266 g/mol. The number of hydrazine groups is 2. The smallest absolute Gasteiger partial charge is 0.377 e. The lowest BCUT2D eigenvalue weighted by Crippen LogP contribution is -2.44. The van der Waals surface area contributed by atoms with Gasteiger partial charge in [-0.3, -0.25) is 10.0 Å². The molecule has 0 aliphatic heterocycles. The summed E-state index contributed by atoms with van der Waals surface area (Å²) in [6.45, 7) is 0. The fourth-order valence-corrected chi connectivity index (χ4v) is 1.03. The third-order valence-electron chi connectivity index (χ3n) is 0.935. The number of rotatable bonds is 2. The van der Waals surface area contributed by atoms with E-state index in [0.717, 1.165) is 5.59 Å². The number of hydrogen-bond donors (Lipinski definition) is 3. The molecule has 0 heterocycles. The van der Waals surface area contributed by atoms with E-state index in [0.29, 0.717) is 0 Å². The SMILES string of the molecule is N#CN(SC(=O)N(NO)[N+](=O)[O-])C(=O)OS. The van der Waals surface area contributed by atoms with Gasteiger partial charge in [0, 0.05) is 12.9 Å². The van der Waals surface area contributed by atoms with E-state index in [2.05, 4.69) is 17.1 Å². The molecule has 0 aliphatic rings. The molecule has 11 nitrogen and oxygen atoms in total. The van der Waals surface area contributed by atoms with E-state index in [4.69, 9.17) is 10.5 Å². The number of thiol groups is 1. The third kappa shape index (κ3) is 3.78. The van der Waals surface area contributed by atoms with Crippen LogP contribution in [0.15, 0.2) is 0 Å². The maximum atomic E-state index is 11.0. The molecule has 0 fully saturated rings. The van der Waals surface area contributed by atoms with Crippen molar-refractivity contribution >= 4 is 36.2 Å². The van der Waals surface area contributed by atoms with Gasteiger partial charge in [-0.2, -0.15) is 5.26 Å². The van der Waals surface area contributed by atoms with Crippen molar-refractivity contribution in [3.8, 4) is 6.19 Å². The molecule has 0 spiro atoms. The summed E-state index contributed by atoms with van der Waals surface area (Å²) in [4.78, 5) is 31.8. The van der Waals surface area contributed by atoms with Crippen molar-refractivity contribution in [3.05, 3.63) is 10.1 Å². The maximum absolute atomic E-state index is 11.0. The van der Waals surface area contributed by atoms with Gasteiger partial charge >= 0.3 is 11.3 Å². The van der Waals surface area contributed by atoms with Gasteiger partial charge in [0.1, 0.15) is 0 Å². The van der Waals surface area contributed by atoms with Crippen LogP contribution in [-0.2, 0) is 4.18 Å². The van der Waals surface area contributed by atoms with Crippen molar-refractivity contribution in [1.29, 1.82) is 5.26 Å². The second kappa shape index (κ2) is 6.68. The molecule has 0 unspecified atom stereocenters. The Kier molecular flexibility index (Phi) is 5.95. The highest BCUT2D eigenvalue weighted by atomic mass is 32.2. The van der Waals surface area contributed by atoms with Crippen LogP contribution in [0.4, 0.5) is 9.59 Å². The largest absolute Gasteiger partial charge is 0.446 e. The van der Waals surface area contributed by atoms with Crippen LogP contribution in [-0.4, -0.2) is 31.0 Å². The Morgan fingerprint density at radius 1 is 1.69 bits per heavy atom.